The molecule has 14 heavy (non-hydrogen) atoms. The molecule has 0 aromatic carbocycles. The van der Waals surface area contributed by atoms with Gasteiger partial charge in [-0.05, 0) is 19.4 Å². The van der Waals surface area contributed by atoms with Crippen LogP contribution in [0, 0.1) is 0 Å². The maximum Gasteiger partial charge on any atom is 0.285 e. The van der Waals surface area contributed by atoms with Gasteiger partial charge in [0.05, 0.1) is 16.1 Å². The molecule has 2 rings (SSSR count). The van der Waals surface area contributed by atoms with Crippen molar-refractivity contribution in [3.05, 3.63) is 16.1 Å². The Morgan fingerprint density at radius 3 is 2.86 bits per heavy atom. The van der Waals surface area contributed by atoms with E-state index in [1.165, 1.54) is 5.51 Å². The summed E-state index contributed by atoms with van der Waals surface area (Å²) < 4.78 is 27.1. The molecule has 0 amide bonds. The highest BCUT2D eigenvalue weighted by Gasteiger charge is 2.39. The van der Waals surface area contributed by atoms with Crippen molar-refractivity contribution in [2.45, 2.75) is 31.1 Å². The molecule has 0 aliphatic heterocycles. The van der Waals surface area contributed by atoms with Gasteiger partial charge in [0.15, 0.2) is 0 Å². The largest absolute Gasteiger partial charge is 0.330 e. The van der Waals surface area contributed by atoms with Gasteiger partial charge in [0.1, 0.15) is 0 Å². The Hall–Kier alpha value is -0.550. The number of nitrogens with zero attached hydrogens (tertiary/aromatic N) is 1. The van der Waals surface area contributed by atoms with Crippen molar-refractivity contribution in [2.24, 2.45) is 5.73 Å². The SMILES string of the molecule is NCCC(F)(F)c1scnc1C1CC1. The summed E-state index contributed by atoms with van der Waals surface area (Å²) in [6, 6.07) is 0. The number of hydrogen-bond acceptors (Lipinski definition) is 3. The van der Waals surface area contributed by atoms with Crippen LogP contribution in [0.3, 0.4) is 0 Å². The van der Waals surface area contributed by atoms with Gasteiger partial charge in [-0.3, -0.25) is 0 Å². The van der Waals surface area contributed by atoms with E-state index in [9.17, 15) is 8.78 Å². The van der Waals surface area contributed by atoms with Gasteiger partial charge in [0.2, 0.25) is 0 Å². The van der Waals surface area contributed by atoms with E-state index < -0.39 is 5.92 Å². The number of alkyl halides is 2. The van der Waals surface area contributed by atoms with Crippen LogP contribution in [-0.4, -0.2) is 11.5 Å². The molecule has 5 heteroatoms. The second-order valence-corrected chi connectivity index (χ2v) is 4.44. The van der Waals surface area contributed by atoms with Crippen LogP contribution in [0.2, 0.25) is 0 Å². The van der Waals surface area contributed by atoms with Crippen molar-refractivity contribution >= 4 is 11.3 Å². The lowest BCUT2D eigenvalue weighted by molar-refractivity contribution is -0.00788. The first-order chi connectivity index (χ1) is 6.65. The molecule has 0 unspecified atom stereocenters. The van der Waals surface area contributed by atoms with Crippen LogP contribution in [0.1, 0.15) is 35.8 Å². The van der Waals surface area contributed by atoms with E-state index in [2.05, 4.69) is 4.98 Å². The zero-order chi connectivity index (χ0) is 10.2. The minimum atomic E-state index is -2.78. The van der Waals surface area contributed by atoms with E-state index in [0.29, 0.717) is 5.69 Å². The monoisotopic (exact) mass is 218 g/mol. The van der Waals surface area contributed by atoms with Crippen LogP contribution in [0.4, 0.5) is 8.78 Å². The minimum Gasteiger partial charge on any atom is -0.330 e. The summed E-state index contributed by atoms with van der Waals surface area (Å²) in [5.41, 5.74) is 7.28. The van der Waals surface area contributed by atoms with Crippen molar-refractivity contribution in [3.63, 3.8) is 0 Å². The highest BCUT2D eigenvalue weighted by molar-refractivity contribution is 7.09. The van der Waals surface area contributed by atoms with E-state index >= 15 is 0 Å². The fourth-order valence-electron chi connectivity index (χ4n) is 1.47. The summed E-state index contributed by atoms with van der Waals surface area (Å²) in [4.78, 5) is 4.15. The molecule has 0 radical (unpaired) electrons. The molecule has 1 fully saturated rings. The topological polar surface area (TPSA) is 38.9 Å². The molecular formula is C9H12F2N2S. The lowest BCUT2D eigenvalue weighted by Gasteiger charge is -2.14. The third kappa shape index (κ3) is 1.79. The van der Waals surface area contributed by atoms with Crippen LogP contribution in [0.25, 0.3) is 0 Å². The molecule has 0 saturated heterocycles. The average Bonchev–Trinajstić information content (AvgIpc) is 2.83. The Morgan fingerprint density at radius 1 is 1.57 bits per heavy atom. The van der Waals surface area contributed by atoms with Gasteiger partial charge < -0.3 is 5.73 Å². The van der Waals surface area contributed by atoms with Crippen LogP contribution >= 0.6 is 11.3 Å². The molecule has 1 aliphatic rings. The van der Waals surface area contributed by atoms with Gasteiger partial charge in [-0.2, -0.15) is 0 Å². The first kappa shape index (κ1) is 9.98. The number of halogens is 2. The van der Waals surface area contributed by atoms with E-state index in [-0.39, 0.29) is 23.8 Å². The van der Waals surface area contributed by atoms with Crippen LogP contribution < -0.4 is 5.73 Å². The first-order valence-electron chi connectivity index (χ1n) is 4.67. The normalized spacial score (nSPS) is 17.4. The van der Waals surface area contributed by atoms with Gasteiger partial charge in [0.25, 0.3) is 5.92 Å². The summed E-state index contributed by atoms with van der Waals surface area (Å²) in [7, 11) is 0. The predicted molar refractivity (Wildman–Crippen MR) is 51.7 cm³/mol. The van der Waals surface area contributed by atoms with Crippen LogP contribution in [0.15, 0.2) is 5.51 Å². The van der Waals surface area contributed by atoms with Crippen molar-refractivity contribution in [1.82, 2.24) is 4.98 Å². The molecule has 78 valence electrons. The maximum atomic E-state index is 13.5. The van der Waals surface area contributed by atoms with Crippen molar-refractivity contribution < 1.29 is 8.78 Å². The lowest BCUT2D eigenvalue weighted by atomic mass is 10.1. The number of thiazole rings is 1. The third-order valence-electron chi connectivity index (χ3n) is 2.35. The molecule has 1 saturated carbocycles. The molecule has 1 heterocycles. The average molecular weight is 218 g/mol. The lowest BCUT2D eigenvalue weighted by Crippen LogP contribution is -2.18. The second kappa shape index (κ2) is 3.55. The van der Waals surface area contributed by atoms with E-state index in [4.69, 9.17) is 5.73 Å². The predicted octanol–water partition coefficient (Wildman–Crippen LogP) is 2.46. The van der Waals surface area contributed by atoms with Gasteiger partial charge in [-0.15, -0.1) is 11.3 Å². The first-order valence-corrected chi connectivity index (χ1v) is 5.55. The third-order valence-corrected chi connectivity index (χ3v) is 3.30. The zero-order valence-electron chi connectivity index (χ0n) is 7.67. The number of aromatic nitrogens is 1. The second-order valence-electron chi connectivity index (χ2n) is 3.58. The molecular weight excluding hydrogens is 206 g/mol. The standard InChI is InChI=1S/C9H12F2N2S/c10-9(11,3-4-12)8-7(6-1-2-6)13-5-14-8/h5-6H,1-4,12H2. The van der Waals surface area contributed by atoms with Crippen molar-refractivity contribution in [3.8, 4) is 0 Å². The summed E-state index contributed by atoms with van der Waals surface area (Å²) in [5, 5.41) is 0. The maximum absolute atomic E-state index is 13.5. The highest BCUT2D eigenvalue weighted by Crippen LogP contribution is 2.46. The Morgan fingerprint density at radius 2 is 2.29 bits per heavy atom. The Balaban J connectivity index is 2.25. The summed E-state index contributed by atoms with van der Waals surface area (Å²) >= 11 is 1.05. The van der Waals surface area contributed by atoms with Gasteiger partial charge in [0, 0.05) is 12.3 Å². The Labute approximate surface area is 85.1 Å². The molecule has 2 N–H and O–H groups in total. The quantitative estimate of drug-likeness (QED) is 0.843. The summed E-state index contributed by atoms with van der Waals surface area (Å²) in [6.45, 7) is 0.00894. The number of nitrogens with two attached hydrogens (primary N) is 1. The number of hydrogen-bond donors (Lipinski definition) is 1. The molecule has 2 nitrogen and oxygen atoms in total. The van der Waals surface area contributed by atoms with Crippen molar-refractivity contribution in [2.75, 3.05) is 6.54 Å². The minimum absolute atomic E-state index is 0.00894. The molecule has 0 bridgehead atoms. The zero-order valence-corrected chi connectivity index (χ0v) is 8.49. The van der Waals surface area contributed by atoms with Gasteiger partial charge >= 0.3 is 0 Å². The number of rotatable bonds is 4. The summed E-state index contributed by atoms with van der Waals surface area (Å²) in [5.74, 6) is -2.51. The fraction of sp³-hybridized carbons (Fsp3) is 0.667. The van der Waals surface area contributed by atoms with Crippen LogP contribution in [-0.2, 0) is 5.92 Å². The van der Waals surface area contributed by atoms with Crippen molar-refractivity contribution in [1.29, 1.82) is 0 Å². The molecule has 0 spiro atoms. The Bertz CT molecular complexity index is 320. The van der Waals surface area contributed by atoms with Gasteiger partial charge in [-0.25, -0.2) is 13.8 Å². The molecule has 1 aliphatic carbocycles. The molecule has 0 atom stereocenters. The molecule has 1 aromatic rings. The Kier molecular flexibility index (Phi) is 2.53. The summed E-state index contributed by atoms with van der Waals surface area (Å²) in [6.07, 6.45) is 1.71. The van der Waals surface area contributed by atoms with E-state index in [0.717, 1.165) is 24.2 Å². The fourth-order valence-corrected chi connectivity index (χ4v) is 2.36. The van der Waals surface area contributed by atoms with E-state index in [1.54, 1.807) is 0 Å². The van der Waals surface area contributed by atoms with Crippen LogP contribution in [0.5, 0.6) is 0 Å². The smallest absolute Gasteiger partial charge is 0.285 e. The molecule has 1 aromatic heterocycles. The van der Waals surface area contributed by atoms with Gasteiger partial charge in [-0.1, -0.05) is 0 Å². The highest BCUT2D eigenvalue weighted by atomic mass is 32.1. The van der Waals surface area contributed by atoms with E-state index in [1.807, 2.05) is 0 Å².